The van der Waals surface area contributed by atoms with Crippen molar-refractivity contribution in [2.45, 2.75) is 26.3 Å². The molecule has 0 unspecified atom stereocenters. The molecular weight excluding hydrogens is 254 g/mol. The Kier molecular flexibility index (Phi) is 4.61. The summed E-state index contributed by atoms with van der Waals surface area (Å²) in [4.78, 5) is 25.0. The number of hydrogen-bond donors (Lipinski definition) is 2. The molecule has 5 nitrogen and oxygen atoms in total. The normalized spacial score (nSPS) is 18.6. The Bertz CT molecular complexity index is 502. The number of nitrogens with two attached hydrogens (primary N) is 1. The first-order valence-corrected chi connectivity index (χ1v) is 6.94. The number of primary amides is 1. The van der Waals surface area contributed by atoms with Gasteiger partial charge in [0.1, 0.15) is 0 Å². The van der Waals surface area contributed by atoms with Crippen LogP contribution in [-0.4, -0.2) is 29.9 Å². The number of hydrogen-bond acceptors (Lipinski definition) is 2. The van der Waals surface area contributed by atoms with Crippen molar-refractivity contribution in [3.8, 4) is 0 Å². The first-order chi connectivity index (χ1) is 9.58. The van der Waals surface area contributed by atoms with Gasteiger partial charge in [-0.3, -0.25) is 4.79 Å². The van der Waals surface area contributed by atoms with E-state index in [0.29, 0.717) is 19.6 Å². The van der Waals surface area contributed by atoms with Crippen LogP contribution in [0.4, 0.5) is 4.79 Å². The Balaban J connectivity index is 1.89. The third-order valence-electron chi connectivity index (χ3n) is 3.80. The summed E-state index contributed by atoms with van der Waals surface area (Å²) < 4.78 is 0. The van der Waals surface area contributed by atoms with E-state index < -0.39 is 0 Å². The molecule has 1 aromatic carbocycles. The van der Waals surface area contributed by atoms with Gasteiger partial charge >= 0.3 is 6.03 Å². The zero-order valence-corrected chi connectivity index (χ0v) is 11.8. The van der Waals surface area contributed by atoms with Gasteiger partial charge in [-0.15, -0.1) is 0 Å². The minimum atomic E-state index is -0.318. The molecule has 20 heavy (non-hydrogen) atoms. The number of piperidine rings is 1. The molecule has 5 heteroatoms. The molecule has 3 N–H and O–H groups in total. The van der Waals surface area contributed by atoms with E-state index in [2.05, 4.69) is 5.32 Å². The van der Waals surface area contributed by atoms with Gasteiger partial charge in [0, 0.05) is 19.6 Å². The van der Waals surface area contributed by atoms with Crippen LogP contribution in [0.2, 0.25) is 0 Å². The summed E-state index contributed by atoms with van der Waals surface area (Å²) in [6, 6.07) is 7.82. The van der Waals surface area contributed by atoms with Crippen molar-refractivity contribution in [1.82, 2.24) is 10.2 Å². The molecule has 0 spiro atoms. The molecule has 108 valence electrons. The van der Waals surface area contributed by atoms with Gasteiger partial charge in [0.05, 0.1) is 5.92 Å². The zero-order chi connectivity index (χ0) is 14.5. The Hall–Kier alpha value is -2.04. The van der Waals surface area contributed by atoms with Crippen molar-refractivity contribution < 1.29 is 9.59 Å². The smallest absolute Gasteiger partial charge is 0.317 e. The number of benzene rings is 1. The van der Waals surface area contributed by atoms with Crippen LogP contribution in [0.5, 0.6) is 0 Å². The summed E-state index contributed by atoms with van der Waals surface area (Å²) >= 11 is 0. The first kappa shape index (κ1) is 14.4. The van der Waals surface area contributed by atoms with Crippen molar-refractivity contribution in [3.63, 3.8) is 0 Å². The minimum absolute atomic E-state index is 0.126. The van der Waals surface area contributed by atoms with Crippen molar-refractivity contribution in [1.29, 1.82) is 0 Å². The van der Waals surface area contributed by atoms with Gasteiger partial charge in [-0.25, -0.2) is 4.79 Å². The van der Waals surface area contributed by atoms with Crippen LogP contribution in [0.25, 0.3) is 0 Å². The predicted molar refractivity (Wildman–Crippen MR) is 76.9 cm³/mol. The van der Waals surface area contributed by atoms with E-state index in [1.807, 2.05) is 31.2 Å². The van der Waals surface area contributed by atoms with Crippen LogP contribution in [0.15, 0.2) is 24.3 Å². The van der Waals surface area contributed by atoms with Crippen molar-refractivity contribution in [2.24, 2.45) is 11.7 Å². The van der Waals surface area contributed by atoms with E-state index in [9.17, 15) is 9.59 Å². The molecule has 1 fully saturated rings. The predicted octanol–water partition coefficient (Wildman–Crippen LogP) is 1.40. The minimum Gasteiger partial charge on any atom is -0.369 e. The van der Waals surface area contributed by atoms with E-state index in [4.69, 9.17) is 5.73 Å². The van der Waals surface area contributed by atoms with Crippen LogP contribution in [0.1, 0.15) is 24.0 Å². The lowest BCUT2D eigenvalue weighted by Crippen LogP contribution is -2.48. The first-order valence-electron chi connectivity index (χ1n) is 6.94. The largest absolute Gasteiger partial charge is 0.369 e. The molecular formula is C15H21N3O2. The van der Waals surface area contributed by atoms with E-state index in [1.54, 1.807) is 4.90 Å². The highest BCUT2D eigenvalue weighted by Gasteiger charge is 2.26. The molecule has 0 saturated carbocycles. The number of likely N-dealkylation sites (tertiary alicyclic amines) is 1. The fourth-order valence-corrected chi connectivity index (χ4v) is 2.48. The lowest BCUT2D eigenvalue weighted by molar-refractivity contribution is -0.123. The van der Waals surface area contributed by atoms with E-state index in [0.717, 1.165) is 24.0 Å². The summed E-state index contributed by atoms with van der Waals surface area (Å²) in [5.74, 6) is -0.533. The molecule has 0 aromatic heterocycles. The topological polar surface area (TPSA) is 75.4 Å². The SMILES string of the molecule is Cc1ccccc1CNC(=O)N1CCC[C@H](C(N)=O)C1. The van der Waals surface area contributed by atoms with Crippen LogP contribution < -0.4 is 11.1 Å². The molecule has 0 aliphatic carbocycles. The maximum absolute atomic E-state index is 12.1. The lowest BCUT2D eigenvalue weighted by atomic mass is 9.98. The Labute approximate surface area is 119 Å². The van der Waals surface area contributed by atoms with Gasteiger partial charge in [0.25, 0.3) is 0 Å². The number of carbonyl (C=O) groups excluding carboxylic acids is 2. The monoisotopic (exact) mass is 275 g/mol. The van der Waals surface area contributed by atoms with Crippen LogP contribution in [-0.2, 0) is 11.3 Å². The molecule has 0 bridgehead atoms. The third-order valence-corrected chi connectivity index (χ3v) is 3.80. The molecule has 0 radical (unpaired) electrons. The highest BCUT2D eigenvalue weighted by molar-refractivity contribution is 5.79. The summed E-state index contributed by atoms with van der Waals surface area (Å²) in [5, 5.41) is 2.90. The van der Waals surface area contributed by atoms with Crippen molar-refractivity contribution in [3.05, 3.63) is 35.4 Å². The Morgan fingerprint density at radius 3 is 2.85 bits per heavy atom. The number of amides is 3. The summed E-state index contributed by atoms with van der Waals surface area (Å²) in [6.45, 7) is 3.63. The maximum atomic E-state index is 12.1. The number of nitrogens with one attached hydrogen (secondary N) is 1. The van der Waals surface area contributed by atoms with Crippen LogP contribution >= 0.6 is 0 Å². The second-order valence-corrected chi connectivity index (χ2v) is 5.27. The maximum Gasteiger partial charge on any atom is 0.317 e. The number of rotatable bonds is 3. The second kappa shape index (κ2) is 6.41. The molecule has 1 aliphatic heterocycles. The molecule has 2 rings (SSSR count). The van der Waals surface area contributed by atoms with Crippen molar-refractivity contribution in [2.75, 3.05) is 13.1 Å². The highest BCUT2D eigenvalue weighted by atomic mass is 16.2. The van der Waals surface area contributed by atoms with E-state index in [-0.39, 0.29) is 17.9 Å². The Morgan fingerprint density at radius 2 is 2.15 bits per heavy atom. The molecule has 3 amide bonds. The van der Waals surface area contributed by atoms with Gasteiger partial charge in [-0.2, -0.15) is 0 Å². The summed E-state index contributed by atoms with van der Waals surface area (Å²) in [5.41, 5.74) is 7.57. The number of aryl methyl sites for hydroxylation is 1. The van der Waals surface area contributed by atoms with Gasteiger partial charge in [-0.05, 0) is 30.9 Å². The van der Waals surface area contributed by atoms with Crippen LogP contribution in [0.3, 0.4) is 0 Å². The number of carbonyl (C=O) groups is 2. The average Bonchev–Trinajstić information content (AvgIpc) is 2.46. The Morgan fingerprint density at radius 1 is 1.40 bits per heavy atom. The quantitative estimate of drug-likeness (QED) is 0.875. The zero-order valence-electron chi connectivity index (χ0n) is 11.8. The fraction of sp³-hybridized carbons (Fsp3) is 0.467. The second-order valence-electron chi connectivity index (χ2n) is 5.27. The highest BCUT2D eigenvalue weighted by Crippen LogP contribution is 2.16. The molecule has 1 aromatic rings. The number of urea groups is 1. The lowest BCUT2D eigenvalue weighted by Gasteiger charge is -2.31. The fourth-order valence-electron chi connectivity index (χ4n) is 2.48. The van der Waals surface area contributed by atoms with E-state index in [1.165, 1.54) is 0 Å². The number of nitrogens with zero attached hydrogens (tertiary/aromatic N) is 1. The molecule has 1 heterocycles. The third kappa shape index (κ3) is 3.50. The molecule has 1 saturated heterocycles. The standard InChI is InChI=1S/C15H21N3O2/c1-11-5-2-3-6-12(11)9-17-15(20)18-8-4-7-13(10-18)14(16)19/h2-3,5-6,13H,4,7-10H2,1H3,(H2,16,19)(H,17,20)/t13-/m0/s1. The average molecular weight is 275 g/mol. The van der Waals surface area contributed by atoms with Gasteiger partial charge in [0.2, 0.25) is 5.91 Å². The van der Waals surface area contributed by atoms with Crippen molar-refractivity contribution >= 4 is 11.9 Å². The van der Waals surface area contributed by atoms with Gasteiger partial charge in [-0.1, -0.05) is 24.3 Å². The summed E-state index contributed by atoms with van der Waals surface area (Å²) in [6.07, 6.45) is 1.60. The summed E-state index contributed by atoms with van der Waals surface area (Å²) in [7, 11) is 0. The molecule has 1 atom stereocenters. The molecule has 1 aliphatic rings. The van der Waals surface area contributed by atoms with E-state index >= 15 is 0 Å². The van der Waals surface area contributed by atoms with Gasteiger partial charge < -0.3 is 16.0 Å². The van der Waals surface area contributed by atoms with Gasteiger partial charge in [0.15, 0.2) is 0 Å². The van der Waals surface area contributed by atoms with Crippen LogP contribution in [0, 0.1) is 12.8 Å².